The highest BCUT2D eigenvalue weighted by Gasteiger charge is 2.22. The van der Waals surface area contributed by atoms with E-state index in [1.165, 1.54) is 0 Å². The summed E-state index contributed by atoms with van der Waals surface area (Å²) in [5.41, 5.74) is 1.76. The number of rotatable bonds is 3. The van der Waals surface area contributed by atoms with E-state index < -0.39 is 0 Å². The van der Waals surface area contributed by atoms with Crippen molar-refractivity contribution < 1.29 is 4.79 Å². The molecule has 0 N–H and O–H groups in total. The minimum atomic E-state index is -0.00770. The zero-order valence-electron chi connectivity index (χ0n) is 14.3. The number of piperazine rings is 1. The molecule has 0 unspecified atom stereocenters. The molecule has 27 heavy (non-hydrogen) atoms. The third kappa shape index (κ3) is 4.08. The molecular weight excluding hydrogens is 403 g/mol. The van der Waals surface area contributed by atoms with Crippen LogP contribution in [-0.4, -0.2) is 47.0 Å². The van der Waals surface area contributed by atoms with Gasteiger partial charge < -0.3 is 9.80 Å². The number of halogens is 2. The van der Waals surface area contributed by atoms with Gasteiger partial charge in [-0.15, -0.1) is 0 Å². The van der Waals surface area contributed by atoms with Crippen molar-refractivity contribution in [2.75, 3.05) is 31.1 Å². The number of thiazole rings is 1. The van der Waals surface area contributed by atoms with E-state index >= 15 is 0 Å². The minimum absolute atomic E-state index is 0.00770. The standard InChI is InChI=1S/C19H16Cl2N4OS/c20-14-5-3-13(12-15(14)21)4-6-17(26)24-8-10-25(11-9-24)19-23-16-2-1-7-22-18(16)27-19/h1-7,12H,8-11H2/b6-4+. The fourth-order valence-corrected chi connectivity index (χ4v) is 4.17. The van der Waals surface area contributed by atoms with Crippen LogP contribution in [0.4, 0.5) is 5.13 Å². The van der Waals surface area contributed by atoms with Crippen LogP contribution in [0.25, 0.3) is 16.4 Å². The highest BCUT2D eigenvalue weighted by atomic mass is 35.5. The van der Waals surface area contributed by atoms with Crippen LogP contribution in [-0.2, 0) is 4.79 Å². The Balaban J connectivity index is 1.37. The lowest BCUT2D eigenvalue weighted by atomic mass is 10.2. The predicted octanol–water partition coefficient (Wildman–Crippen LogP) is 4.36. The molecule has 1 saturated heterocycles. The molecule has 0 bridgehead atoms. The molecule has 1 amide bonds. The Hall–Kier alpha value is -2.15. The van der Waals surface area contributed by atoms with Crippen LogP contribution in [0.1, 0.15) is 5.56 Å². The largest absolute Gasteiger partial charge is 0.344 e. The van der Waals surface area contributed by atoms with Crippen molar-refractivity contribution in [2.24, 2.45) is 0 Å². The van der Waals surface area contributed by atoms with E-state index in [2.05, 4.69) is 14.9 Å². The molecule has 0 aliphatic carbocycles. The highest BCUT2D eigenvalue weighted by Crippen LogP contribution is 2.27. The maximum absolute atomic E-state index is 12.4. The Labute approximate surface area is 170 Å². The number of nitrogens with zero attached hydrogens (tertiary/aromatic N) is 4. The van der Waals surface area contributed by atoms with Gasteiger partial charge in [0, 0.05) is 38.5 Å². The predicted molar refractivity (Wildman–Crippen MR) is 112 cm³/mol. The number of benzene rings is 1. The summed E-state index contributed by atoms with van der Waals surface area (Å²) >= 11 is 13.5. The summed E-state index contributed by atoms with van der Waals surface area (Å²) in [5.74, 6) is -0.00770. The molecule has 8 heteroatoms. The molecule has 1 aliphatic rings. The Morgan fingerprint density at radius 1 is 1.11 bits per heavy atom. The first-order chi connectivity index (χ1) is 13.1. The van der Waals surface area contributed by atoms with Crippen LogP contribution >= 0.6 is 34.5 Å². The van der Waals surface area contributed by atoms with Crippen LogP contribution < -0.4 is 4.90 Å². The summed E-state index contributed by atoms with van der Waals surface area (Å²) in [6, 6.07) is 9.15. The van der Waals surface area contributed by atoms with Crippen molar-refractivity contribution >= 4 is 62.0 Å². The van der Waals surface area contributed by atoms with E-state index in [-0.39, 0.29) is 5.91 Å². The molecule has 4 rings (SSSR count). The maximum atomic E-state index is 12.4. The number of hydrogen-bond donors (Lipinski definition) is 0. The molecule has 5 nitrogen and oxygen atoms in total. The van der Waals surface area contributed by atoms with Crippen LogP contribution in [0.3, 0.4) is 0 Å². The molecular formula is C19H16Cl2N4OS. The van der Waals surface area contributed by atoms with Crippen molar-refractivity contribution in [1.82, 2.24) is 14.9 Å². The Morgan fingerprint density at radius 2 is 1.93 bits per heavy atom. The van der Waals surface area contributed by atoms with E-state index in [0.29, 0.717) is 23.1 Å². The molecule has 2 aromatic heterocycles. The number of aromatic nitrogens is 2. The minimum Gasteiger partial charge on any atom is -0.344 e. The number of amides is 1. The number of pyridine rings is 1. The fraction of sp³-hybridized carbons (Fsp3) is 0.211. The van der Waals surface area contributed by atoms with Gasteiger partial charge in [-0.1, -0.05) is 40.6 Å². The van der Waals surface area contributed by atoms with Gasteiger partial charge in [-0.05, 0) is 35.9 Å². The van der Waals surface area contributed by atoms with Gasteiger partial charge in [0.2, 0.25) is 5.91 Å². The third-order valence-corrected chi connectivity index (χ3v) is 6.16. The van der Waals surface area contributed by atoms with Gasteiger partial charge in [0.05, 0.1) is 10.0 Å². The second-order valence-corrected chi connectivity index (χ2v) is 7.91. The van der Waals surface area contributed by atoms with Gasteiger partial charge in [0.25, 0.3) is 0 Å². The summed E-state index contributed by atoms with van der Waals surface area (Å²) in [7, 11) is 0. The molecule has 3 heterocycles. The van der Waals surface area contributed by atoms with E-state index in [0.717, 1.165) is 34.1 Å². The topological polar surface area (TPSA) is 49.3 Å². The van der Waals surface area contributed by atoms with Gasteiger partial charge in [0.1, 0.15) is 10.3 Å². The lowest BCUT2D eigenvalue weighted by Gasteiger charge is -2.34. The molecule has 1 aromatic carbocycles. The Morgan fingerprint density at radius 3 is 2.67 bits per heavy atom. The van der Waals surface area contributed by atoms with E-state index in [1.807, 2.05) is 23.1 Å². The molecule has 0 spiro atoms. The summed E-state index contributed by atoms with van der Waals surface area (Å²) in [4.78, 5) is 26.4. The maximum Gasteiger partial charge on any atom is 0.246 e. The molecule has 0 atom stereocenters. The summed E-state index contributed by atoms with van der Waals surface area (Å²) in [5, 5.41) is 1.94. The van der Waals surface area contributed by atoms with Crippen LogP contribution in [0.2, 0.25) is 10.0 Å². The molecule has 0 radical (unpaired) electrons. The monoisotopic (exact) mass is 418 g/mol. The smallest absolute Gasteiger partial charge is 0.246 e. The first kappa shape index (κ1) is 18.2. The van der Waals surface area contributed by atoms with Crippen LogP contribution in [0, 0.1) is 0 Å². The van der Waals surface area contributed by atoms with Gasteiger partial charge in [-0.3, -0.25) is 4.79 Å². The second-order valence-electron chi connectivity index (χ2n) is 6.14. The lowest BCUT2D eigenvalue weighted by Crippen LogP contribution is -2.48. The van der Waals surface area contributed by atoms with Crippen molar-refractivity contribution in [2.45, 2.75) is 0 Å². The number of fused-ring (bicyclic) bond motifs is 1. The summed E-state index contributed by atoms with van der Waals surface area (Å²) < 4.78 is 0. The number of carbonyl (C=O) groups is 1. The lowest BCUT2D eigenvalue weighted by molar-refractivity contribution is -0.126. The van der Waals surface area contributed by atoms with E-state index in [4.69, 9.17) is 23.2 Å². The van der Waals surface area contributed by atoms with Crippen molar-refractivity contribution in [3.63, 3.8) is 0 Å². The molecule has 138 valence electrons. The number of hydrogen-bond acceptors (Lipinski definition) is 5. The highest BCUT2D eigenvalue weighted by molar-refractivity contribution is 7.21. The van der Waals surface area contributed by atoms with Crippen LogP contribution in [0.5, 0.6) is 0 Å². The zero-order valence-corrected chi connectivity index (χ0v) is 16.6. The van der Waals surface area contributed by atoms with Crippen molar-refractivity contribution in [1.29, 1.82) is 0 Å². The second kappa shape index (κ2) is 7.84. The number of anilines is 1. The average Bonchev–Trinajstić information content (AvgIpc) is 3.13. The molecule has 1 fully saturated rings. The van der Waals surface area contributed by atoms with Gasteiger partial charge in [-0.25, -0.2) is 9.97 Å². The van der Waals surface area contributed by atoms with Gasteiger partial charge in [-0.2, -0.15) is 0 Å². The average molecular weight is 419 g/mol. The third-order valence-electron chi connectivity index (χ3n) is 4.38. The summed E-state index contributed by atoms with van der Waals surface area (Å²) in [6.45, 7) is 2.83. The Kier molecular flexibility index (Phi) is 5.29. The van der Waals surface area contributed by atoms with E-state index in [1.54, 1.807) is 41.8 Å². The van der Waals surface area contributed by atoms with Crippen molar-refractivity contribution in [3.8, 4) is 0 Å². The SMILES string of the molecule is O=C(/C=C/c1ccc(Cl)c(Cl)c1)N1CCN(c2nc3cccnc3s2)CC1. The quantitative estimate of drug-likeness (QED) is 0.592. The molecule has 0 saturated carbocycles. The van der Waals surface area contributed by atoms with Crippen LogP contribution in [0.15, 0.2) is 42.6 Å². The molecule has 3 aromatic rings. The number of carbonyl (C=O) groups excluding carboxylic acids is 1. The summed E-state index contributed by atoms with van der Waals surface area (Å²) in [6.07, 6.45) is 5.12. The molecule has 1 aliphatic heterocycles. The zero-order chi connectivity index (χ0) is 18.8. The fourth-order valence-electron chi connectivity index (χ4n) is 2.90. The van der Waals surface area contributed by atoms with E-state index in [9.17, 15) is 4.79 Å². The normalized spacial score (nSPS) is 15.0. The van der Waals surface area contributed by atoms with Crippen molar-refractivity contribution in [3.05, 3.63) is 58.2 Å². The van der Waals surface area contributed by atoms with Gasteiger partial charge in [0.15, 0.2) is 5.13 Å². The van der Waals surface area contributed by atoms with Gasteiger partial charge >= 0.3 is 0 Å². The first-order valence-corrected chi connectivity index (χ1v) is 10.1. The Bertz CT molecular complexity index is 979. The first-order valence-electron chi connectivity index (χ1n) is 8.49.